The molecule has 0 aromatic heterocycles. The van der Waals surface area contributed by atoms with Gasteiger partial charge in [0.15, 0.2) is 0 Å². The van der Waals surface area contributed by atoms with E-state index in [4.69, 9.17) is 10.0 Å². The van der Waals surface area contributed by atoms with Crippen LogP contribution >= 0.6 is 0 Å². The Balaban J connectivity index is 0. The first-order valence-corrected chi connectivity index (χ1v) is 2.76. The standard InChI is InChI=1S/C5H4NO2.CH2NO2.Y/c1-6-4(7)2-3-5(6)8;3-1-2-4;/h2-3H,1H2;4H,(H,2,3);/q2*-1;. The normalized spacial score (nSPS) is 12.9. The van der Waals surface area contributed by atoms with Crippen LogP contribution in [0.4, 0.5) is 0 Å². The van der Waals surface area contributed by atoms with Gasteiger partial charge in [0, 0.05) is 44.9 Å². The number of nitrogens with one attached hydrogen (secondary N) is 1. The van der Waals surface area contributed by atoms with Gasteiger partial charge in [0.1, 0.15) is 0 Å². The van der Waals surface area contributed by atoms with Gasteiger partial charge in [-0.05, 0) is 0 Å². The summed E-state index contributed by atoms with van der Waals surface area (Å²) in [5.41, 5.74) is 1.12. The molecule has 0 spiro atoms. The molecule has 6 nitrogen and oxygen atoms in total. The van der Waals surface area contributed by atoms with Gasteiger partial charge < -0.3 is 20.4 Å². The number of hydrogen-bond acceptors (Lipinski definition) is 4. The maximum atomic E-state index is 10.3. The van der Waals surface area contributed by atoms with Crippen molar-refractivity contribution in [3.05, 3.63) is 19.2 Å². The van der Waals surface area contributed by atoms with Gasteiger partial charge >= 0.3 is 0 Å². The van der Waals surface area contributed by atoms with Crippen LogP contribution < -0.4 is 5.48 Å². The second kappa shape index (κ2) is 8.03. The van der Waals surface area contributed by atoms with Crippen molar-refractivity contribution in [2.75, 3.05) is 0 Å². The van der Waals surface area contributed by atoms with E-state index in [0.29, 0.717) is 0 Å². The minimum absolute atomic E-state index is 0. The number of hydrogen-bond donors (Lipinski definition) is 2. The van der Waals surface area contributed by atoms with E-state index in [1.165, 1.54) is 12.2 Å². The van der Waals surface area contributed by atoms with E-state index >= 15 is 0 Å². The van der Waals surface area contributed by atoms with Crippen molar-refractivity contribution >= 4 is 18.2 Å². The SMILES string of the molecule is O=[C-]NO.[CH2-]N1C(=O)C=CC1=O.[Y]. The Morgan fingerprint density at radius 2 is 1.69 bits per heavy atom. The fourth-order valence-electron chi connectivity index (χ4n) is 0.431. The summed E-state index contributed by atoms with van der Waals surface area (Å²) >= 11 is 0. The number of nitrogens with zero attached hydrogens (tertiary/aromatic N) is 1. The van der Waals surface area contributed by atoms with E-state index in [1.54, 1.807) is 0 Å². The fraction of sp³-hybridized carbons (Fsp3) is 0. The molecule has 1 aliphatic heterocycles. The Morgan fingerprint density at radius 1 is 1.38 bits per heavy atom. The molecule has 0 aromatic rings. The molecule has 0 fully saturated rings. The molecule has 1 aliphatic rings. The van der Waals surface area contributed by atoms with E-state index in [9.17, 15) is 9.59 Å². The van der Waals surface area contributed by atoms with Crippen LogP contribution in [0.1, 0.15) is 0 Å². The van der Waals surface area contributed by atoms with Crippen LogP contribution in [0.15, 0.2) is 12.2 Å². The fourth-order valence-corrected chi connectivity index (χ4v) is 0.431. The molecule has 2 N–H and O–H groups in total. The van der Waals surface area contributed by atoms with Crippen LogP contribution in [-0.4, -0.2) is 28.3 Å². The molecule has 0 bridgehead atoms. The van der Waals surface area contributed by atoms with E-state index < -0.39 is 0 Å². The van der Waals surface area contributed by atoms with Crippen LogP contribution in [-0.2, 0) is 47.1 Å². The second-order valence-corrected chi connectivity index (χ2v) is 1.65. The monoisotopic (exact) mass is 259 g/mol. The summed E-state index contributed by atoms with van der Waals surface area (Å²) in [6, 6.07) is 0. The predicted molar refractivity (Wildman–Crippen MR) is 37.0 cm³/mol. The van der Waals surface area contributed by atoms with Crippen LogP contribution in [0.2, 0.25) is 0 Å². The van der Waals surface area contributed by atoms with Gasteiger partial charge in [0.05, 0.1) is 0 Å². The molecule has 1 heterocycles. The third-order valence-electron chi connectivity index (χ3n) is 0.946. The minimum Gasteiger partial charge on any atom is -0.518 e. The zero-order chi connectivity index (χ0) is 9.56. The average Bonchev–Trinajstić information content (AvgIpc) is 2.37. The third kappa shape index (κ3) is 5.62. The van der Waals surface area contributed by atoms with Crippen molar-refractivity contribution in [3.63, 3.8) is 0 Å². The van der Waals surface area contributed by atoms with E-state index in [0.717, 1.165) is 16.8 Å². The van der Waals surface area contributed by atoms with Crippen LogP contribution in [0, 0.1) is 7.05 Å². The van der Waals surface area contributed by atoms with Gasteiger partial charge in [-0.15, -0.1) is 6.41 Å². The largest absolute Gasteiger partial charge is 0.518 e. The Labute approximate surface area is 99.8 Å². The molecule has 0 aliphatic carbocycles. The summed E-state index contributed by atoms with van der Waals surface area (Å²) in [4.78, 5) is 30.2. The van der Waals surface area contributed by atoms with E-state index in [-0.39, 0.29) is 44.5 Å². The van der Waals surface area contributed by atoms with Gasteiger partial charge in [0.25, 0.3) is 0 Å². The number of rotatable bonds is 1. The maximum absolute atomic E-state index is 10.3. The molecular weight excluding hydrogens is 253 g/mol. The minimum atomic E-state index is -0.352. The van der Waals surface area contributed by atoms with Crippen molar-refractivity contribution in [3.8, 4) is 0 Å². The predicted octanol–water partition coefficient (Wildman–Crippen LogP) is -1.27. The molecule has 3 amide bonds. The molecule has 0 unspecified atom stereocenters. The van der Waals surface area contributed by atoms with Crippen molar-refractivity contribution < 1.29 is 52.3 Å². The van der Waals surface area contributed by atoms with Crippen molar-refractivity contribution in [2.45, 2.75) is 0 Å². The zero-order valence-electron chi connectivity index (χ0n) is 6.56. The number of carbonyl (C=O) groups is 2. The van der Waals surface area contributed by atoms with Gasteiger partial charge in [-0.1, -0.05) is 0 Å². The number of imide groups is 1. The first-order valence-electron chi connectivity index (χ1n) is 2.76. The average molecular weight is 259 g/mol. The van der Waals surface area contributed by atoms with Crippen molar-refractivity contribution in [2.24, 2.45) is 0 Å². The molecule has 0 aromatic carbocycles. The number of carbonyl (C=O) groups excluding carboxylic acids is 3. The Morgan fingerprint density at radius 3 is 1.77 bits per heavy atom. The first kappa shape index (κ1) is 14.9. The summed E-state index contributed by atoms with van der Waals surface area (Å²) in [5, 5.41) is 7.20. The van der Waals surface area contributed by atoms with Crippen molar-refractivity contribution in [1.29, 1.82) is 0 Å². The van der Waals surface area contributed by atoms with Gasteiger partial charge in [-0.2, -0.15) is 0 Å². The van der Waals surface area contributed by atoms with E-state index in [2.05, 4.69) is 7.05 Å². The zero-order valence-corrected chi connectivity index (χ0v) is 9.40. The molecule has 1 radical (unpaired) electrons. The van der Waals surface area contributed by atoms with Crippen LogP contribution in [0.25, 0.3) is 0 Å². The van der Waals surface area contributed by atoms with Gasteiger partial charge in [-0.3, -0.25) is 9.59 Å². The Hall–Kier alpha value is -0.586. The summed E-state index contributed by atoms with van der Waals surface area (Å²) in [5.74, 6) is -0.704. The molecule has 13 heavy (non-hydrogen) atoms. The summed E-state index contributed by atoms with van der Waals surface area (Å²) in [7, 11) is 3.17. The molecule has 7 heteroatoms. The van der Waals surface area contributed by atoms with Crippen molar-refractivity contribution in [1.82, 2.24) is 10.4 Å². The molecule has 1 rings (SSSR count). The Bertz CT molecular complexity index is 211. The number of amides is 3. The summed E-state index contributed by atoms with van der Waals surface area (Å²) in [6.07, 6.45) is 3.37. The van der Waals surface area contributed by atoms with Gasteiger partial charge in [-0.25, -0.2) is 7.05 Å². The smallest absolute Gasteiger partial charge is 0.223 e. The van der Waals surface area contributed by atoms with Crippen LogP contribution in [0.5, 0.6) is 0 Å². The molecule has 69 valence electrons. The maximum Gasteiger partial charge on any atom is 0.223 e. The molecule has 0 saturated carbocycles. The van der Waals surface area contributed by atoms with E-state index in [1.807, 2.05) is 0 Å². The molecular formula is C6H6N2O4Y-2. The molecule has 0 atom stereocenters. The van der Waals surface area contributed by atoms with Gasteiger partial charge in [0.2, 0.25) is 11.8 Å². The number of hydroxylamine groups is 1. The molecule has 0 saturated heterocycles. The quantitative estimate of drug-likeness (QED) is 0.202. The first-order chi connectivity index (χ1) is 5.63. The second-order valence-electron chi connectivity index (χ2n) is 1.65. The van der Waals surface area contributed by atoms with Crippen LogP contribution in [0.3, 0.4) is 0 Å². The topological polar surface area (TPSA) is 86.7 Å². The summed E-state index contributed by atoms with van der Waals surface area (Å²) in [6.45, 7) is 0. The third-order valence-corrected chi connectivity index (χ3v) is 0.946. The summed E-state index contributed by atoms with van der Waals surface area (Å²) < 4.78 is 0. The Kier molecular flexibility index (Phi) is 9.21.